The summed E-state index contributed by atoms with van der Waals surface area (Å²) >= 11 is 0. The topological polar surface area (TPSA) is 55.6 Å². The Labute approximate surface area is 120 Å². The van der Waals surface area contributed by atoms with Crippen molar-refractivity contribution in [1.82, 2.24) is 4.90 Å². The van der Waals surface area contributed by atoms with Gasteiger partial charge in [-0.1, -0.05) is 13.0 Å². The van der Waals surface area contributed by atoms with Gasteiger partial charge in [0.25, 0.3) is 5.91 Å². The normalized spacial score (nSPS) is 22.6. The van der Waals surface area contributed by atoms with Crippen molar-refractivity contribution in [2.75, 3.05) is 20.2 Å². The summed E-state index contributed by atoms with van der Waals surface area (Å²) in [5, 5.41) is 0. The number of likely N-dealkylation sites (tertiary alicyclic amines) is 1. The molecule has 0 spiro atoms. The van der Waals surface area contributed by atoms with Crippen LogP contribution in [0.25, 0.3) is 0 Å². The maximum atomic E-state index is 12.3. The molecular formula is C14H21ClN2O2. The molecule has 1 aliphatic heterocycles. The van der Waals surface area contributed by atoms with Crippen molar-refractivity contribution in [1.29, 1.82) is 0 Å². The van der Waals surface area contributed by atoms with E-state index in [0.717, 1.165) is 19.5 Å². The molecule has 1 aliphatic rings. The number of carbonyl (C=O) groups excluding carboxylic acids is 1. The van der Waals surface area contributed by atoms with Crippen molar-refractivity contribution < 1.29 is 9.53 Å². The lowest BCUT2D eigenvalue weighted by Gasteiger charge is -2.35. The van der Waals surface area contributed by atoms with Gasteiger partial charge in [-0.3, -0.25) is 4.79 Å². The maximum absolute atomic E-state index is 12.3. The highest BCUT2D eigenvalue weighted by atomic mass is 35.5. The summed E-state index contributed by atoms with van der Waals surface area (Å²) in [6.45, 7) is 3.56. The Balaban J connectivity index is 0.00000180. The number of ether oxygens (including phenoxy) is 1. The lowest BCUT2D eigenvalue weighted by molar-refractivity contribution is 0.0664. The number of carbonyl (C=O) groups is 1. The number of piperidine rings is 1. The number of amides is 1. The molecule has 0 bridgehead atoms. The van der Waals surface area contributed by atoms with Crippen molar-refractivity contribution in [2.24, 2.45) is 11.7 Å². The van der Waals surface area contributed by atoms with E-state index in [4.69, 9.17) is 10.5 Å². The van der Waals surface area contributed by atoms with Crippen molar-refractivity contribution in [3.05, 3.63) is 29.8 Å². The molecule has 1 aromatic rings. The van der Waals surface area contributed by atoms with Gasteiger partial charge >= 0.3 is 0 Å². The standard InChI is InChI=1S/C14H20N2O2.ClH/c1-10-9-16(7-6-13(10)15)14(17)11-4-3-5-12(8-11)18-2;/h3-5,8,10,13H,6-7,9,15H2,1-2H3;1H. The van der Waals surface area contributed by atoms with E-state index < -0.39 is 0 Å². The molecule has 2 atom stereocenters. The Morgan fingerprint density at radius 1 is 1.47 bits per heavy atom. The predicted octanol–water partition coefficient (Wildman–Crippen LogP) is 1.93. The highest BCUT2D eigenvalue weighted by Gasteiger charge is 2.26. The van der Waals surface area contributed by atoms with Gasteiger partial charge in [-0.25, -0.2) is 0 Å². The Hall–Kier alpha value is -1.26. The van der Waals surface area contributed by atoms with Crippen LogP contribution in [0.4, 0.5) is 0 Å². The van der Waals surface area contributed by atoms with Crippen LogP contribution >= 0.6 is 12.4 Å². The van der Waals surface area contributed by atoms with Gasteiger partial charge in [0, 0.05) is 24.7 Å². The largest absolute Gasteiger partial charge is 0.497 e. The summed E-state index contributed by atoms with van der Waals surface area (Å²) in [7, 11) is 1.60. The summed E-state index contributed by atoms with van der Waals surface area (Å²) in [6.07, 6.45) is 0.872. The van der Waals surface area contributed by atoms with E-state index in [9.17, 15) is 4.79 Å². The van der Waals surface area contributed by atoms with Crippen LogP contribution in [0, 0.1) is 5.92 Å². The van der Waals surface area contributed by atoms with E-state index in [1.54, 1.807) is 13.2 Å². The zero-order valence-corrected chi connectivity index (χ0v) is 12.2. The summed E-state index contributed by atoms with van der Waals surface area (Å²) in [5.74, 6) is 1.13. The lowest BCUT2D eigenvalue weighted by atomic mass is 9.94. The molecule has 1 aromatic carbocycles. The molecule has 5 heteroatoms. The predicted molar refractivity (Wildman–Crippen MR) is 77.9 cm³/mol. The second-order valence-corrected chi connectivity index (χ2v) is 4.91. The quantitative estimate of drug-likeness (QED) is 0.903. The highest BCUT2D eigenvalue weighted by Crippen LogP contribution is 2.19. The van der Waals surface area contributed by atoms with E-state index >= 15 is 0 Å². The second-order valence-electron chi connectivity index (χ2n) is 4.91. The average Bonchev–Trinajstić information content (AvgIpc) is 2.41. The van der Waals surface area contributed by atoms with Gasteiger partial charge in [0.1, 0.15) is 5.75 Å². The first-order valence-corrected chi connectivity index (χ1v) is 6.30. The van der Waals surface area contributed by atoms with Crippen LogP contribution in [0.15, 0.2) is 24.3 Å². The monoisotopic (exact) mass is 284 g/mol. The SMILES string of the molecule is COc1cccc(C(=O)N2CCC(N)C(C)C2)c1.Cl. The van der Waals surface area contributed by atoms with Gasteiger partial charge in [0.2, 0.25) is 0 Å². The number of hydrogen-bond acceptors (Lipinski definition) is 3. The number of nitrogens with two attached hydrogens (primary N) is 1. The van der Waals surface area contributed by atoms with Crippen molar-refractivity contribution >= 4 is 18.3 Å². The Bertz CT molecular complexity index is 439. The maximum Gasteiger partial charge on any atom is 0.253 e. The van der Waals surface area contributed by atoms with Crippen LogP contribution in [-0.4, -0.2) is 37.0 Å². The van der Waals surface area contributed by atoms with Crippen LogP contribution < -0.4 is 10.5 Å². The number of hydrogen-bond donors (Lipinski definition) is 1. The Morgan fingerprint density at radius 3 is 2.84 bits per heavy atom. The lowest BCUT2D eigenvalue weighted by Crippen LogP contribution is -2.48. The average molecular weight is 285 g/mol. The molecule has 0 saturated carbocycles. The van der Waals surface area contributed by atoms with E-state index in [0.29, 0.717) is 17.2 Å². The van der Waals surface area contributed by atoms with Gasteiger partial charge in [0.15, 0.2) is 0 Å². The van der Waals surface area contributed by atoms with Crippen LogP contribution in [0.3, 0.4) is 0 Å². The molecular weight excluding hydrogens is 264 g/mol. The molecule has 1 fully saturated rings. The van der Waals surface area contributed by atoms with Crippen LogP contribution in [0.5, 0.6) is 5.75 Å². The molecule has 0 radical (unpaired) electrons. The van der Waals surface area contributed by atoms with Gasteiger partial charge in [0.05, 0.1) is 7.11 Å². The first-order chi connectivity index (χ1) is 8.61. The molecule has 0 aromatic heterocycles. The molecule has 4 nitrogen and oxygen atoms in total. The van der Waals surface area contributed by atoms with Crippen LogP contribution in [0.2, 0.25) is 0 Å². The minimum Gasteiger partial charge on any atom is -0.497 e. The van der Waals surface area contributed by atoms with Crippen molar-refractivity contribution in [2.45, 2.75) is 19.4 Å². The van der Waals surface area contributed by atoms with Gasteiger partial charge in [-0.15, -0.1) is 12.4 Å². The Morgan fingerprint density at radius 2 is 2.21 bits per heavy atom. The fraction of sp³-hybridized carbons (Fsp3) is 0.500. The number of methoxy groups -OCH3 is 1. The van der Waals surface area contributed by atoms with Gasteiger partial charge < -0.3 is 15.4 Å². The number of rotatable bonds is 2. The first-order valence-electron chi connectivity index (χ1n) is 6.30. The third-order valence-corrected chi connectivity index (χ3v) is 3.58. The smallest absolute Gasteiger partial charge is 0.253 e. The van der Waals surface area contributed by atoms with E-state index in [1.807, 2.05) is 23.1 Å². The van der Waals surface area contributed by atoms with Crippen LogP contribution in [0.1, 0.15) is 23.7 Å². The van der Waals surface area contributed by atoms with E-state index in [-0.39, 0.29) is 24.4 Å². The van der Waals surface area contributed by atoms with E-state index in [1.165, 1.54) is 0 Å². The summed E-state index contributed by atoms with van der Waals surface area (Å²) in [6, 6.07) is 7.49. The Kier molecular flexibility index (Phi) is 5.63. The van der Waals surface area contributed by atoms with Crippen LogP contribution in [-0.2, 0) is 0 Å². The summed E-state index contributed by atoms with van der Waals surface area (Å²) in [4.78, 5) is 14.2. The molecule has 1 amide bonds. The summed E-state index contributed by atoms with van der Waals surface area (Å²) in [5.41, 5.74) is 6.64. The molecule has 0 aliphatic carbocycles. The number of halogens is 1. The molecule has 2 unspecified atom stereocenters. The molecule has 2 rings (SSSR count). The van der Waals surface area contributed by atoms with Crippen molar-refractivity contribution in [3.8, 4) is 5.75 Å². The highest BCUT2D eigenvalue weighted by molar-refractivity contribution is 5.94. The molecule has 2 N–H and O–H groups in total. The molecule has 19 heavy (non-hydrogen) atoms. The fourth-order valence-electron chi connectivity index (χ4n) is 2.29. The minimum absolute atomic E-state index is 0. The van der Waals surface area contributed by atoms with Crippen molar-refractivity contribution in [3.63, 3.8) is 0 Å². The third-order valence-electron chi connectivity index (χ3n) is 3.58. The minimum atomic E-state index is 0. The fourth-order valence-corrected chi connectivity index (χ4v) is 2.29. The van der Waals surface area contributed by atoms with Gasteiger partial charge in [-0.05, 0) is 30.5 Å². The number of nitrogens with zero attached hydrogens (tertiary/aromatic N) is 1. The number of benzene rings is 1. The van der Waals surface area contributed by atoms with E-state index in [2.05, 4.69) is 6.92 Å². The molecule has 1 heterocycles. The molecule has 106 valence electrons. The zero-order chi connectivity index (χ0) is 13.1. The van der Waals surface area contributed by atoms with Gasteiger partial charge in [-0.2, -0.15) is 0 Å². The third kappa shape index (κ3) is 3.61. The first kappa shape index (κ1) is 15.8. The molecule has 1 saturated heterocycles. The zero-order valence-electron chi connectivity index (χ0n) is 11.3. The second kappa shape index (κ2) is 6.78. The summed E-state index contributed by atoms with van der Waals surface area (Å²) < 4.78 is 5.14.